The topological polar surface area (TPSA) is 34.1 Å². The maximum Gasteiger partial charge on any atom is 0.213 e. The van der Waals surface area contributed by atoms with Crippen molar-refractivity contribution in [2.75, 3.05) is 19.7 Å². The summed E-state index contributed by atoms with van der Waals surface area (Å²) in [6.07, 6.45) is 2.41. The molecule has 1 aliphatic rings. The third kappa shape index (κ3) is 3.19. The van der Waals surface area contributed by atoms with Crippen LogP contribution in [0.2, 0.25) is 0 Å². The molecule has 1 fully saturated rings. The molecule has 1 aliphatic heterocycles. The van der Waals surface area contributed by atoms with Crippen LogP contribution >= 0.6 is 15.9 Å². The van der Waals surface area contributed by atoms with Gasteiger partial charge in [-0.2, -0.15) is 0 Å². The number of piperidine rings is 1. The van der Waals surface area contributed by atoms with Gasteiger partial charge >= 0.3 is 0 Å². The SMILES string of the molecule is Cc1nc(OCC2CCNCC2)ccc1Br. The molecule has 16 heavy (non-hydrogen) atoms. The maximum atomic E-state index is 5.72. The molecular formula is C12H17BrN2O. The van der Waals surface area contributed by atoms with E-state index in [4.69, 9.17) is 4.74 Å². The maximum absolute atomic E-state index is 5.72. The Bertz CT molecular complexity index is 351. The normalized spacial score (nSPS) is 17.4. The molecule has 0 spiro atoms. The van der Waals surface area contributed by atoms with Crippen molar-refractivity contribution in [2.45, 2.75) is 19.8 Å². The highest BCUT2D eigenvalue weighted by Crippen LogP contribution is 2.19. The highest BCUT2D eigenvalue weighted by Gasteiger charge is 2.13. The van der Waals surface area contributed by atoms with E-state index in [1.54, 1.807) is 0 Å². The Balaban J connectivity index is 1.86. The monoisotopic (exact) mass is 284 g/mol. The number of rotatable bonds is 3. The van der Waals surface area contributed by atoms with E-state index < -0.39 is 0 Å². The van der Waals surface area contributed by atoms with Gasteiger partial charge in [-0.15, -0.1) is 0 Å². The van der Waals surface area contributed by atoms with Crippen molar-refractivity contribution in [3.8, 4) is 5.88 Å². The molecule has 2 heterocycles. The summed E-state index contributed by atoms with van der Waals surface area (Å²) >= 11 is 3.43. The molecule has 1 N–H and O–H groups in total. The molecule has 1 aromatic heterocycles. The van der Waals surface area contributed by atoms with Crippen molar-refractivity contribution in [3.05, 3.63) is 22.3 Å². The first-order chi connectivity index (χ1) is 7.75. The Hall–Kier alpha value is -0.610. The number of aryl methyl sites for hydroxylation is 1. The van der Waals surface area contributed by atoms with Crippen LogP contribution in [0.4, 0.5) is 0 Å². The first-order valence-electron chi connectivity index (χ1n) is 5.72. The molecule has 0 atom stereocenters. The number of pyridine rings is 1. The van der Waals surface area contributed by atoms with Gasteiger partial charge in [-0.05, 0) is 60.8 Å². The Kier molecular flexibility index (Phi) is 4.18. The second-order valence-corrected chi connectivity index (χ2v) is 5.08. The smallest absolute Gasteiger partial charge is 0.213 e. The molecule has 0 bridgehead atoms. The van der Waals surface area contributed by atoms with Gasteiger partial charge in [0.25, 0.3) is 0 Å². The Labute approximate surface area is 105 Å². The fourth-order valence-corrected chi connectivity index (χ4v) is 2.07. The quantitative estimate of drug-likeness (QED) is 0.926. The van der Waals surface area contributed by atoms with E-state index in [0.717, 1.165) is 35.7 Å². The van der Waals surface area contributed by atoms with Crippen molar-refractivity contribution in [2.24, 2.45) is 5.92 Å². The lowest BCUT2D eigenvalue weighted by Crippen LogP contribution is -2.30. The van der Waals surface area contributed by atoms with Crippen molar-refractivity contribution in [3.63, 3.8) is 0 Å². The molecular weight excluding hydrogens is 268 g/mol. The zero-order chi connectivity index (χ0) is 11.4. The van der Waals surface area contributed by atoms with Crippen molar-refractivity contribution in [1.29, 1.82) is 0 Å². The van der Waals surface area contributed by atoms with Crippen LogP contribution < -0.4 is 10.1 Å². The first kappa shape index (κ1) is 11.9. The summed E-state index contributed by atoms with van der Waals surface area (Å²) in [4.78, 5) is 4.37. The largest absolute Gasteiger partial charge is 0.477 e. The predicted molar refractivity (Wildman–Crippen MR) is 67.8 cm³/mol. The molecule has 4 heteroatoms. The Morgan fingerprint density at radius 1 is 1.44 bits per heavy atom. The first-order valence-corrected chi connectivity index (χ1v) is 6.51. The van der Waals surface area contributed by atoms with Gasteiger partial charge in [-0.25, -0.2) is 4.98 Å². The van der Waals surface area contributed by atoms with E-state index in [9.17, 15) is 0 Å². The summed E-state index contributed by atoms with van der Waals surface area (Å²) in [5.41, 5.74) is 0.975. The Morgan fingerprint density at radius 2 is 2.19 bits per heavy atom. The third-order valence-electron chi connectivity index (χ3n) is 2.92. The molecule has 1 aromatic rings. The standard InChI is InChI=1S/C12H17BrN2O/c1-9-11(13)2-3-12(15-9)16-8-10-4-6-14-7-5-10/h2-3,10,14H,4-8H2,1H3. The molecule has 2 rings (SSSR count). The fourth-order valence-electron chi connectivity index (χ4n) is 1.85. The number of ether oxygens (including phenoxy) is 1. The van der Waals surface area contributed by atoms with E-state index in [2.05, 4.69) is 26.2 Å². The minimum Gasteiger partial charge on any atom is -0.477 e. The van der Waals surface area contributed by atoms with E-state index in [1.807, 2.05) is 19.1 Å². The van der Waals surface area contributed by atoms with Gasteiger partial charge < -0.3 is 10.1 Å². The number of hydrogen-bond donors (Lipinski definition) is 1. The molecule has 0 radical (unpaired) electrons. The molecule has 0 aliphatic carbocycles. The lowest BCUT2D eigenvalue weighted by Gasteiger charge is -2.22. The highest BCUT2D eigenvalue weighted by atomic mass is 79.9. The van der Waals surface area contributed by atoms with Crippen LogP contribution in [0.5, 0.6) is 5.88 Å². The van der Waals surface area contributed by atoms with Gasteiger partial charge in [-0.1, -0.05) is 0 Å². The molecule has 0 aromatic carbocycles. The zero-order valence-corrected chi connectivity index (χ0v) is 11.1. The number of aromatic nitrogens is 1. The van der Waals surface area contributed by atoms with Gasteiger partial charge in [0.05, 0.1) is 12.3 Å². The van der Waals surface area contributed by atoms with Crippen LogP contribution in [-0.2, 0) is 0 Å². The summed E-state index contributed by atoms with van der Waals surface area (Å²) in [6, 6.07) is 3.90. The molecule has 0 amide bonds. The minimum atomic E-state index is 0.673. The fraction of sp³-hybridized carbons (Fsp3) is 0.583. The lowest BCUT2D eigenvalue weighted by molar-refractivity contribution is 0.208. The van der Waals surface area contributed by atoms with Crippen LogP contribution in [-0.4, -0.2) is 24.7 Å². The average Bonchev–Trinajstić information content (AvgIpc) is 2.32. The van der Waals surface area contributed by atoms with Crippen molar-refractivity contribution in [1.82, 2.24) is 10.3 Å². The van der Waals surface area contributed by atoms with Gasteiger partial charge in [0.1, 0.15) is 0 Å². The van der Waals surface area contributed by atoms with Crippen LogP contribution in [0.1, 0.15) is 18.5 Å². The summed E-state index contributed by atoms with van der Waals surface area (Å²) in [6.45, 7) is 4.98. The third-order valence-corrected chi connectivity index (χ3v) is 3.76. The second kappa shape index (κ2) is 5.64. The second-order valence-electron chi connectivity index (χ2n) is 4.22. The zero-order valence-electron chi connectivity index (χ0n) is 9.50. The van der Waals surface area contributed by atoms with Crippen LogP contribution in [0, 0.1) is 12.8 Å². The van der Waals surface area contributed by atoms with Crippen molar-refractivity contribution >= 4 is 15.9 Å². The van der Waals surface area contributed by atoms with Gasteiger partial charge in [0, 0.05) is 10.5 Å². The van der Waals surface area contributed by atoms with E-state index in [-0.39, 0.29) is 0 Å². The number of nitrogens with one attached hydrogen (secondary N) is 1. The number of halogens is 1. The summed E-state index contributed by atoms with van der Waals surface area (Å²) in [5.74, 6) is 1.41. The van der Waals surface area contributed by atoms with Gasteiger partial charge in [0.2, 0.25) is 5.88 Å². The average molecular weight is 285 g/mol. The van der Waals surface area contributed by atoms with Gasteiger partial charge in [-0.3, -0.25) is 0 Å². The highest BCUT2D eigenvalue weighted by molar-refractivity contribution is 9.10. The Morgan fingerprint density at radius 3 is 2.88 bits per heavy atom. The molecule has 0 saturated carbocycles. The van der Waals surface area contributed by atoms with E-state index >= 15 is 0 Å². The van der Waals surface area contributed by atoms with Crippen LogP contribution in [0.15, 0.2) is 16.6 Å². The van der Waals surface area contributed by atoms with Crippen LogP contribution in [0.25, 0.3) is 0 Å². The van der Waals surface area contributed by atoms with E-state index in [1.165, 1.54) is 12.8 Å². The predicted octanol–water partition coefficient (Wildman–Crippen LogP) is 2.53. The molecule has 1 saturated heterocycles. The van der Waals surface area contributed by atoms with Crippen LogP contribution in [0.3, 0.4) is 0 Å². The summed E-state index contributed by atoms with van der Waals surface area (Å²) in [7, 11) is 0. The van der Waals surface area contributed by atoms with Crippen molar-refractivity contribution < 1.29 is 4.74 Å². The lowest BCUT2D eigenvalue weighted by atomic mass is 9.99. The van der Waals surface area contributed by atoms with Gasteiger partial charge in [0.15, 0.2) is 0 Å². The summed E-state index contributed by atoms with van der Waals surface area (Å²) < 4.78 is 6.75. The minimum absolute atomic E-state index is 0.673. The molecule has 0 unspecified atom stereocenters. The summed E-state index contributed by atoms with van der Waals surface area (Å²) in [5, 5.41) is 3.35. The number of nitrogens with zero attached hydrogens (tertiary/aromatic N) is 1. The van der Waals surface area contributed by atoms with E-state index in [0.29, 0.717) is 5.92 Å². The molecule has 3 nitrogen and oxygen atoms in total. The molecule has 88 valence electrons. The number of hydrogen-bond acceptors (Lipinski definition) is 3.